The second-order valence-corrected chi connectivity index (χ2v) is 4.59. The van der Waals surface area contributed by atoms with E-state index in [9.17, 15) is 0 Å². The Hall–Kier alpha value is -1.57. The van der Waals surface area contributed by atoms with Gasteiger partial charge in [-0.25, -0.2) is 0 Å². The van der Waals surface area contributed by atoms with Gasteiger partial charge in [0, 0.05) is 19.7 Å². The van der Waals surface area contributed by atoms with Crippen molar-refractivity contribution in [3.05, 3.63) is 29.8 Å². The first kappa shape index (κ1) is 15.5. The lowest BCUT2D eigenvalue weighted by Crippen LogP contribution is -2.34. The van der Waals surface area contributed by atoms with Gasteiger partial charge in [0.1, 0.15) is 11.8 Å². The van der Waals surface area contributed by atoms with Gasteiger partial charge in [-0.1, -0.05) is 12.1 Å². The molecule has 0 aliphatic heterocycles. The number of benzene rings is 1. The second-order valence-electron chi connectivity index (χ2n) is 4.59. The highest BCUT2D eigenvalue weighted by Crippen LogP contribution is 2.16. The highest BCUT2D eigenvalue weighted by atomic mass is 16.5. The molecule has 0 bridgehead atoms. The van der Waals surface area contributed by atoms with Gasteiger partial charge >= 0.3 is 0 Å². The van der Waals surface area contributed by atoms with Gasteiger partial charge in [-0.3, -0.25) is 0 Å². The Morgan fingerprint density at radius 3 is 2.79 bits per heavy atom. The molecule has 0 fully saturated rings. The van der Waals surface area contributed by atoms with E-state index in [1.54, 1.807) is 13.2 Å². The van der Waals surface area contributed by atoms with Crippen molar-refractivity contribution < 1.29 is 9.47 Å². The Balaban J connectivity index is 2.29. The van der Waals surface area contributed by atoms with Crippen molar-refractivity contribution in [2.24, 2.45) is 0 Å². The monoisotopic (exact) mass is 262 g/mol. The smallest absolute Gasteiger partial charge is 0.137 e. The normalized spacial score (nSPS) is 12.2. The quantitative estimate of drug-likeness (QED) is 0.674. The van der Waals surface area contributed by atoms with Crippen molar-refractivity contribution in [2.75, 3.05) is 33.9 Å². The first-order valence-corrected chi connectivity index (χ1v) is 6.50. The maximum Gasteiger partial charge on any atom is 0.137 e. The van der Waals surface area contributed by atoms with Crippen molar-refractivity contribution in [2.45, 2.75) is 19.4 Å². The van der Waals surface area contributed by atoms with Crippen LogP contribution in [0.3, 0.4) is 0 Å². The molecular formula is C15H22N2O2. The van der Waals surface area contributed by atoms with E-state index in [0.717, 1.165) is 19.6 Å². The number of ether oxygens (including phenoxy) is 2. The van der Waals surface area contributed by atoms with Crippen LogP contribution >= 0.6 is 0 Å². The highest BCUT2D eigenvalue weighted by molar-refractivity contribution is 5.42. The van der Waals surface area contributed by atoms with Crippen LogP contribution in [0.4, 0.5) is 0 Å². The van der Waals surface area contributed by atoms with Crippen LogP contribution in [0.15, 0.2) is 24.3 Å². The molecule has 1 atom stereocenters. The average molecular weight is 262 g/mol. The van der Waals surface area contributed by atoms with E-state index in [0.29, 0.717) is 24.0 Å². The molecule has 1 unspecified atom stereocenters. The summed E-state index contributed by atoms with van der Waals surface area (Å²) in [7, 11) is 3.79. The third kappa shape index (κ3) is 5.29. The SMILES string of the molecule is COCC(C)N(C)CCCOc1ccccc1C#N. The summed E-state index contributed by atoms with van der Waals surface area (Å²) >= 11 is 0. The molecule has 0 aliphatic carbocycles. The van der Waals surface area contributed by atoms with E-state index < -0.39 is 0 Å². The van der Waals surface area contributed by atoms with Gasteiger partial charge in [0.25, 0.3) is 0 Å². The van der Waals surface area contributed by atoms with Gasteiger partial charge in [0.2, 0.25) is 0 Å². The van der Waals surface area contributed by atoms with Crippen LogP contribution in [0, 0.1) is 11.3 Å². The third-order valence-electron chi connectivity index (χ3n) is 3.08. The standard InChI is InChI=1S/C15H22N2O2/c1-13(12-18-3)17(2)9-6-10-19-15-8-5-4-7-14(15)11-16/h4-5,7-8,13H,6,9-10,12H2,1-3H3. The molecule has 4 heteroatoms. The number of para-hydroxylation sites is 1. The summed E-state index contributed by atoms with van der Waals surface area (Å²) in [6.07, 6.45) is 0.921. The average Bonchev–Trinajstić information content (AvgIpc) is 2.44. The van der Waals surface area contributed by atoms with Gasteiger partial charge in [-0.05, 0) is 32.5 Å². The number of nitrogens with zero attached hydrogens (tertiary/aromatic N) is 2. The lowest BCUT2D eigenvalue weighted by atomic mass is 10.2. The van der Waals surface area contributed by atoms with E-state index in [1.165, 1.54) is 0 Å². The summed E-state index contributed by atoms with van der Waals surface area (Å²) in [5.41, 5.74) is 0.587. The number of hydrogen-bond donors (Lipinski definition) is 0. The predicted molar refractivity (Wildman–Crippen MR) is 75.2 cm³/mol. The van der Waals surface area contributed by atoms with Crippen LogP contribution in [0.25, 0.3) is 0 Å². The van der Waals surface area contributed by atoms with Crippen molar-refractivity contribution in [3.63, 3.8) is 0 Å². The van der Waals surface area contributed by atoms with Crippen molar-refractivity contribution >= 4 is 0 Å². The minimum atomic E-state index is 0.399. The summed E-state index contributed by atoms with van der Waals surface area (Å²) in [4.78, 5) is 2.24. The fourth-order valence-electron chi connectivity index (χ4n) is 1.77. The van der Waals surface area contributed by atoms with Crippen molar-refractivity contribution in [3.8, 4) is 11.8 Å². The number of methoxy groups -OCH3 is 1. The van der Waals surface area contributed by atoms with Crippen LogP contribution in [0.2, 0.25) is 0 Å². The minimum absolute atomic E-state index is 0.399. The van der Waals surface area contributed by atoms with Crippen LogP contribution in [-0.2, 0) is 4.74 Å². The molecule has 1 rings (SSSR count). The number of nitriles is 1. The molecule has 104 valence electrons. The second kappa shape index (κ2) is 8.52. The molecule has 1 aromatic rings. The fraction of sp³-hybridized carbons (Fsp3) is 0.533. The largest absolute Gasteiger partial charge is 0.492 e. The summed E-state index contributed by atoms with van der Waals surface area (Å²) in [6.45, 7) is 4.42. The third-order valence-corrected chi connectivity index (χ3v) is 3.08. The number of likely N-dealkylation sites (N-methyl/N-ethyl adjacent to an activating group) is 1. The zero-order valence-electron chi connectivity index (χ0n) is 11.9. The van der Waals surface area contributed by atoms with E-state index in [-0.39, 0.29) is 0 Å². The zero-order chi connectivity index (χ0) is 14.1. The first-order valence-electron chi connectivity index (χ1n) is 6.50. The summed E-state index contributed by atoms with van der Waals surface area (Å²) in [5.74, 6) is 0.664. The Bertz CT molecular complexity index is 415. The molecule has 4 nitrogen and oxygen atoms in total. The molecule has 0 spiro atoms. The van der Waals surface area contributed by atoms with Crippen LogP contribution in [-0.4, -0.2) is 44.9 Å². The molecule has 0 saturated heterocycles. The molecule has 0 aromatic heterocycles. The Kier molecular flexibility index (Phi) is 6.94. The number of hydrogen-bond acceptors (Lipinski definition) is 4. The van der Waals surface area contributed by atoms with Gasteiger partial charge in [-0.15, -0.1) is 0 Å². The number of rotatable bonds is 8. The Morgan fingerprint density at radius 1 is 1.37 bits per heavy atom. The van der Waals surface area contributed by atoms with Gasteiger partial charge < -0.3 is 14.4 Å². The highest BCUT2D eigenvalue weighted by Gasteiger charge is 2.08. The molecule has 1 aromatic carbocycles. The zero-order valence-corrected chi connectivity index (χ0v) is 11.9. The van der Waals surface area contributed by atoms with Crippen LogP contribution < -0.4 is 4.74 Å². The molecule has 19 heavy (non-hydrogen) atoms. The maximum absolute atomic E-state index is 8.94. The van der Waals surface area contributed by atoms with Crippen molar-refractivity contribution in [1.82, 2.24) is 4.90 Å². The summed E-state index contributed by atoms with van der Waals surface area (Å²) in [5, 5.41) is 8.94. The molecule has 0 N–H and O–H groups in total. The van der Waals surface area contributed by atoms with Crippen LogP contribution in [0.1, 0.15) is 18.9 Å². The van der Waals surface area contributed by atoms with Gasteiger partial charge in [0.05, 0.1) is 18.8 Å². The van der Waals surface area contributed by atoms with Gasteiger partial charge in [-0.2, -0.15) is 5.26 Å². The van der Waals surface area contributed by atoms with Crippen LogP contribution in [0.5, 0.6) is 5.75 Å². The van der Waals surface area contributed by atoms with E-state index in [1.807, 2.05) is 18.2 Å². The van der Waals surface area contributed by atoms with E-state index in [4.69, 9.17) is 14.7 Å². The Morgan fingerprint density at radius 2 is 2.11 bits per heavy atom. The molecule has 0 saturated carbocycles. The van der Waals surface area contributed by atoms with E-state index in [2.05, 4.69) is 24.9 Å². The predicted octanol–water partition coefficient (Wildman–Crippen LogP) is 2.29. The van der Waals surface area contributed by atoms with E-state index >= 15 is 0 Å². The molecule has 0 aliphatic rings. The lowest BCUT2D eigenvalue weighted by Gasteiger charge is -2.23. The topological polar surface area (TPSA) is 45.5 Å². The minimum Gasteiger partial charge on any atom is -0.492 e. The summed E-state index contributed by atoms with van der Waals surface area (Å²) in [6, 6.07) is 9.84. The van der Waals surface area contributed by atoms with Crippen molar-refractivity contribution in [1.29, 1.82) is 5.26 Å². The molecule has 0 heterocycles. The molecule has 0 radical (unpaired) electrons. The summed E-state index contributed by atoms with van der Waals surface area (Å²) < 4.78 is 10.8. The fourth-order valence-corrected chi connectivity index (χ4v) is 1.77. The lowest BCUT2D eigenvalue weighted by molar-refractivity contribution is 0.112. The van der Waals surface area contributed by atoms with Gasteiger partial charge in [0.15, 0.2) is 0 Å². The first-order chi connectivity index (χ1) is 9.19. The maximum atomic E-state index is 8.94. The molecule has 0 amide bonds. The molecular weight excluding hydrogens is 240 g/mol. The Labute approximate surface area is 115 Å².